The highest BCUT2D eigenvalue weighted by molar-refractivity contribution is 5.78. The van der Waals surface area contributed by atoms with E-state index in [-0.39, 0.29) is 5.91 Å². The fourth-order valence-electron chi connectivity index (χ4n) is 2.00. The molecular weight excluding hydrogens is 212 g/mol. The SMILES string of the molecule is NCC#Cc1ccccc1CN1CCCC1=O. The Hall–Kier alpha value is -1.79. The van der Waals surface area contributed by atoms with Gasteiger partial charge in [-0.1, -0.05) is 30.0 Å². The van der Waals surface area contributed by atoms with E-state index in [1.165, 1.54) is 0 Å². The van der Waals surface area contributed by atoms with Gasteiger partial charge in [0.2, 0.25) is 5.91 Å². The van der Waals surface area contributed by atoms with E-state index in [9.17, 15) is 4.79 Å². The van der Waals surface area contributed by atoms with Gasteiger partial charge in [0.05, 0.1) is 6.54 Å². The molecular formula is C14H16N2O. The molecule has 3 nitrogen and oxygen atoms in total. The number of likely N-dealkylation sites (tertiary alicyclic amines) is 1. The first-order valence-corrected chi connectivity index (χ1v) is 5.86. The maximum Gasteiger partial charge on any atom is 0.222 e. The summed E-state index contributed by atoms with van der Waals surface area (Å²) in [5, 5.41) is 0. The van der Waals surface area contributed by atoms with Crippen molar-refractivity contribution < 1.29 is 4.79 Å². The first-order chi connectivity index (χ1) is 8.31. The van der Waals surface area contributed by atoms with Gasteiger partial charge < -0.3 is 10.6 Å². The lowest BCUT2D eigenvalue weighted by Gasteiger charge is -2.16. The van der Waals surface area contributed by atoms with E-state index in [4.69, 9.17) is 5.73 Å². The molecule has 0 bridgehead atoms. The van der Waals surface area contributed by atoms with Crippen LogP contribution in [-0.4, -0.2) is 23.9 Å². The summed E-state index contributed by atoms with van der Waals surface area (Å²) in [6.07, 6.45) is 1.64. The molecule has 1 aromatic rings. The summed E-state index contributed by atoms with van der Waals surface area (Å²) >= 11 is 0. The highest BCUT2D eigenvalue weighted by Gasteiger charge is 2.20. The number of carbonyl (C=O) groups is 1. The van der Waals surface area contributed by atoms with Gasteiger partial charge >= 0.3 is 0 Å². The summed E-state index contributed by atoms with van der Waals surface area (Å²) in [7, 11) is 0. The molecule has 2 rings (SSSR count). The van der Waals surface area contributed by atoms with Gasteiger partial charge in [0.1, 0.15) is 0 Å². The zero-order valence-corrected chi connectivity index (χ0v) is 9.78. The highest BCUT2D eigenvalue weighted by Crippen LogP contribution is 2.16. The predicted octanol–water partition coefficient (Wildman–Crippen LogP) is 1.12. The lowest BCUT2D eigenvalue weighted by molar-refractivity contribution is -0.128. The van der Waals surface area contributed by atoms with Gasteiger partial charge in [0, 0.05) is 25.1 Å². The van der Waals surface area contributed by atoms with Crippen molar-refractivity contribution in [1.29, 1.82) is 0 Å². The van der Waals surface area contributed by atoms with Crippen LogP contribution >= 0.6 is 0 Å². The molecule has 0 unspecified atom stereocenters. The molecule has 1 aromatic carbocycles. The predicted molar refractivity (Wildman–Crippen MR) is 67.0 cm³/mol. The van der Waals surface area contributed by atoms with Crippen LogP contribution in [0.4, 0.5) is 0 Å². The molecule has 1 amide bonds. The number of benzene rings is 1. The molecule has 1 fully saturated rings. The van der Waals surface area contributed by atoms with Gasteiger partial charge in [0.15, 0.2) is 0 Å². The van der Waals surface area contributed by atoms with Crippen molar-refractivity contribution in [3.05, 3.63) is 35.4 Å². The zero-order valence-electron chi connectivity index (χ0n) is 9.78. The molecule has 88 valence electrons. The first kappa shape index (κ1) is 11.7. The molecule has 1 aliphatic heterocycles. The number of amides is 1. The van der Waals surface area contributed by atoms with Crippen LogP contribution in [-0.2, 0) is 11.3 Å². The third-order valence-corrected chi connectivity index (χ3v) is 2.88. The lowest BCUT2D eigenvalue weighted by Crippen LogP contribution is -2.24. The van der Waals surface area contributed by atoms with Crippen LogP contribution in [0, 0.1) is 11.8 Å². The normalized spacial score (nSPS) is 14.6. The fourth-order valence-corrected chi connectivity index (χ4v) is 2.00. The lowest BCUT2D eigenvalue weighted by atomic mass is 10.1. The third-order valence-electron chi connectivity index (χ3n) is 2.88. The van der Waals surface area contributed by atoms with Crippen LogP contribution in [0.2, 0.25) is 0 Å². The minimum absolute atomic E-state index is 0.242. The number of nitrogens with zero attached hydrogens (tertiary/aromatic N) is 1. The van der Waals surface area contributed by atoms with Crippen molar-refractivity contribution in [2.75, 3.05) is 13.1 Å². The second kappa shape index (κ2) is 5.51. The van der Waals surface area contributed by atoms with Gasteiger partial charge in [0.25, 0.3) is 0 Å². The number of rotatable bonds is 2. The van der Waals surface area contributed by atoms with E-state index >= 15 is 0 Å². The highest BCUT2D eigenvalue weighted by atomic mass is 16.2. The Labute approximate surface area is 102 Å². The molecule has 1 heterocycles. The Morgan fingerprint density at radius 3 is 2.88 bits per heavy atom. The van der Waals surface area contributed by atoms with Crippen molar-refractivity contribution in [2.45, 2.75) is 19.4 Å². The van der Waals surface area contributed by atoms with Crippen LogP contribution in [0.15, 0.2) is 24.3 Å². The minimum Gasteiger partial charge on any atom is -0.338 e. The number of hydrogen-bond acceptors (Lipinski definition) is 2. The fraction of sp³-hybridized carbons (Fsp3) is 0.357. The summed E-state index contributed by atoms with van der Waals surface area (Å²) in [6, 6.07) is 7.92. The minimum atomic E-state index is 0.242. The van der Waals surface area contributed by atoms with Crippen molar-refractivity contribution in [3.8, 4) is 11.8 Å². The molecule has 0 saturated carbocycles. The van der Waals surface area contributed by atoms with Crippen LogP contribution in [0.5, 0.6) is 0 Å². The van der Waals surface area contributed by atoms with Crippen LogP contribution in [0.25, 0.3) is 0 Å². The topological polar surface area (TPSA) is 46.3 Å². The van der Waals surface area contributed by atoms with Gasteiger partial charge in [-0.2, -0.15) is 0 Å². The van der Waals surface area contributed by atoms with E-state index in [0.29, 0.717) is 19.5 Å². The smallest absolute Gasteiger partial charge is 0.222 e. The molecule has 0 aromatic heterocycles. The van der Waals surface area contributed by atoms with Crippen LogP contribution < -0.4 is 5.73 Å². The van der Waals surface area contributed by atoms with Crippen LogP contribution in [0.1, 0.15) is 24.0 Å². The van der Waals surface area contributed by atoms with Crippen molar-refractivity contribution >= 4 is 5.91 Å². The number of carbonyl (C=O) groups excluding carboxylic acids is 1. The molecule has 2 N–H and O–H groups in total. The number of nitrogens with two attached hydrogens (primary N) is 1. The largest absolute Gasteiger partial charge is 0.338 e. The zero-order chi connectivity index (χ0) is 12.1. The van der Waals surface area contributed by atoms with Gasteiger partial charge in [-0.15, -0.1) is 0 Å². The standard InChI is InChI=1S/C14H16N2O/c15-9-3-7-12-5-1-2-6-13(12)11-16-10-4-8-14(16)17/h1-2,5-6H,4,8-11,15H2. The van der Waals surface area contributed by atoms with Crippen molar-refractivity contribution in [3.63, 3.8) is 0 Å². The van der Waals surface area contributed by atoms with E-state index in [1.54, 1.807) is 0 Å². The first-order valence-electron chi connectivity index (χ1n) is 5.86. The average molecular weight is 228 g/mol. The summed E-state index contributed by atoms with van der Waals surface area (Å²) in [5.41, 5.74) is 7.44. The van der Waals surface area contributed by atoms with Crippen molar-refractivity contribution in [2.24, 2.45) is 5.73 Å². The summed E-state index contributed by atoms with van der Waals surface area (Å²) in [5.74, 6) is 6.15. The molecule has 1 aliphatic rings. The third kappa shape index (κ3) is 2.86. The second-order valence-corrected chi connectivity index (χ2v) is 4.08. The Morgan fingerprint density at radius 1 is 1.35 bits per heavy atom. The second-order valence-electron chi connectivity index (χ2n) is 4.08. The molecule has 0 radical (unpaired) electrons. The Kier molecular flexibility index (Phi) is 3.79. The average Bonchev–Trinajstić information content (AvgIpc) is 2.74. The molecule has 3 heteroatoms. The van der Waals surface area contributed by atoms with E-state index in [2.05, 4.69) is 11.8 Å². The summed E-state index contributed by atoms with van der Waals surface area (Å²) in [6.45, 7) is 1.88. The maximum absolute atomic E-state index is 11.6. The summed E-state index contributed by atoms with van der Waals surface area (Å²) in [4.78, 5) is 13.5. The quantitative estimate of drug-likeness (QED) is 0.771. The Balaban J connectivity index is 2.17. The van der Waals surface area contributed by atoms with E-state index < -0.39 is 0 Å². The molecule has 1 saturated heterocycles. The molecule has 0 aliphatic carbocycles. The summed E-state index contributed by atoms with van der Waals surface area (Å²) < 4.78 is 0. The van der Waals surface area contributed by atoms with Gasteiger partial charge in [-0.3, -0.25) is 4.79 Å². The molecule has 0 spiro atoms. The Morgan fingerprint density at radius 2 is 2.18 bits per heavy atom. The maximum atomic E-state index is 11.6. The van der Waals surface area contributed by atoms with E-state index in [0.717, 1.165) is 24.1 Å². The van der Waals surface area contributed by atoms with E-state index in [1.807, 2.05) is 29.2 Å². The monoisotopic (exact) mass is 228 g/mol. The van der Waals surface area contributed by atoms with Gasteiger partial charge in [-0.25, -0.2) is 0 Å². The Bertz CT molecular complexity index is 471. The van der Waals surface area contributed by atoms with Crippen molar-refractivity contribution in [1.82, 2.24) is 4.90 Å². The number of hydrogen-bond donors (Lipinski definition) is 1. The molecule has 0 atom stereocenters. The van der Waals surface area contributed by atoms with Gasteiger partial charge in [-0.05, 0) is 18.1 Å². The van der Waals surface area contributed by atoms with Crippen LogP contribution in [0.3, 0.4) is 0 Å². The molecule has 17 heavy (non-hydrogen) atoms.